The first-order valence-electron chi connectivity index (χ1n) is 5.29. The minimum Gasteiger partial charge on any atom is -0.392 e. The predicted octanol–water partition coefficient (Wildman–Crippen LogP) is 2.84. The molecule has 2 nitrogen and oxygen atoms in total. The van der Waals surface area contributed by atoms with E-state index < -0.39 is 0 Å². The van der Waals surface area contributed by atoms with E-state index in [0.29, 0.717) is 4.99 Å². The van der Waals surface area contributed by atoms with Crippen LogP contribution in [-0.4, -0.2) is 23.0 Å². The summed E-state index contributed by atoms with van der Waals surface area (Å²) in [4.78, 5) is 2.67. The SMILES string of the molecule is CCC(C(N)=S)N(C)Cc1ccccc1Cl. The molecule has 16 heavy (non-hydrogen) atoms. The van der Waals surface area contributed by atoms with Crippen LogP contribution in [0.5, 0.6) is 0 Å². The second-order valence-corrected chi connectivity index (χ2v) is 4.71. The van der Waals surface area contributed by atoms with Crippen molar-refractivity contribution in [2.75, 3.05) is 7.05 Å². The van der Waals surface area contributed by atoms with Crippen LogP contribution in [0.25, 0.3) is 0 Å². The molecule has 2 N–H and O–H groups in total. The van der Waals surface area contributed by atoms with E-state index in [1.165, 1.54) is 0 Å². The maximum absolute atomic E-state index is 6.11. The molecular weight excluding hydrogens is 240 g/mol. The third-order valence-corrected chi connectivity index (χ3v) is 3.27. The molecule has 0 amide bonds. The Bertz CT molecular complexity index is 368. The highest BCUT2D eigenvalue weighted by atomic mass is 35.5. The Hall–Kier alpha value is -0.640. The van der Waals surface area contributed by atoms with Crippen molar-refractivity contribution in [2.24, 2.45) is 5.73 Å². The number of nitrogens with two attached hydrogens (primary N) is 1. The topological polar surface area (TPSA) is 29.3 Å². The lowest BCUT2D eigenvalue weighted by molar-refractivity contribution is 0.284. The number of thiocarbonyl (C=S) groups is 1. The molecule has 0 spiro atoms. The summed E-state index contributed by atoms with van der Waals surface area (Å²) in [5.74, 6) is 0. The highest BCUT2D eigenvalue weighted by molar-refractivity contribution is 7.80. The second-order valence-electron chi connectivity index (χ2n) is 3.83. The maximum atomic E-state index is 6.11. The summed E-state index contributed by atoms with van der Waals surface area (Å²) in [6, 6.07) is 7.96. The molecule has 0 saturated heterocycles. The van der Waals surface area contributed by atoms with E-state index in [-0.39, 0.29) is 6.04 Å². The molecular formula is C12H17ClN2S. The van der Waals surface area contributed by atoms with Gasteiger partial charge in [-0.05, 0) is 25.1 Å². The standard InChI is InChI=1S/C12H17ClN2S/c1-3-11(12(14)16)15(2)8-9-6-4-5-7-10(9)13/h4-7,11H,3,8H2,1-2H3,(H2,14,16). The number of nitrogens with zero attached hydrogens (tertiary/aromatic N) is 1. The molecule has 0 aliphatic carbocycles. The molecule has 1 unspecified atom stereocenters. The Kier molecular flexibility index (Phi) is 5.19. The fourth-order valence-electron chi connectivity index (χ4n) is 1.74. The van der Waals surface area contributed by atoms with Gasteiger partial charge in [-0.15, -0.1) is 0 Å². The van der Waals surface area contributed by atoms with Crippen molar-refractivity contribution in [1.29, 1.82) is 0 Å². The summed E-state index contributed by atoms with van der Waals surface area (Å²) < 4.78 is 0. The number of hydrogen-bond donors (Lipinski definition) is 1. The Balaban J connectivity index is 2.74. The lowest BCUT2D eigenvalue weighted by Crippen LogP contribution is -2.40. The monoisotopic (exact) mass is 256 g/mol. The number of hydrogen-bond acceptors (Lipinski definition) is 2. The highest BCUT2D eigenvalue weighted by Gasteiger charge is 2.16. The van der Waals surface area contributed by atoms with Crippen molar-refractivity contribution < 1.29 is 0 Å². The fourth-order valence-corrected chi connectivity index (χ4v) is 2.28. The molecule has 0 heterocycles. The molecule has 1 aromatic rings. The van der Waals surface area contributed by atoms with Crippen LogP contribution in [0.3, 0.4) is 0 Å². The van der Waals surface area contributed by atoms with Gasteiger partial charge in [0.25, 0.3) is 0 Å². The Labute approximate surface area is 107 Å². The minimum absolute atomic E-state index is 0.131. The molecule has 0 aliphatic rings. The van der Waals surface area contributed by atoms with Crippen molar-refractivity contribution >= 4 is 28.8 Å². The van der Waals surface area contributed by atoms with Gasteiger partial charge < -0.3 is 5.73 Å². The van der Waals surface area contributed by atoms with Crippen molar-refractivity contribution in [3.63, 3.8) is 0 Å². The molecule has 0 saturated carbocycles. The molecule has 4 heteroatoms. The summed E-state index contributed by atoms with van der Waals surface area (Å²) >= 11 is 11.1. The van der Waals surface area contributed by atoms with Gasteiger partial charge in [0.2, 0.25) is 0 Å². The summed E-state index contributed by atoms with van der Waals surface area (Å²) in [6.07, 6.45) is 0.913. The van der Waals surface area contributed by atoms with E-state index >= 15 is 0 Å². The van der Waals surface area contributed by atoms with E-state index in [1.54, 1.807) is 0 Å². The maximum Gasteiger partial charge on any atom is 0.0901 e. The van der Waals surface area contributed by atoms with Crippen LogP contribution in [0.4, 0.5) is 0 Å². The zero-order valence-electron chi connectivity index (χ0n) is 9.61. The quantitative estimate of drug-likeness (QED) is 0.822. The first kappa shape index (κ1) is 13.4. The summed E-state index contributed by atoms with van der Waals surface area (Å²) in [7, 11) is 2.01. The molecule has 1 aromatic carbocycles. The number of halogens is 1. The third kappa shape index (κ3) is 3.44. The highest BCUT2D eigenvalue weighted by Crippen LogP contribution is 2.18. The van der Waals surface area contributed by atoms with Gasteiger partial charge in [-0.1, -0.05) is 48.9 Å². The average Bonchev–Trinajstić information content (AvgIpc) is 2.22. The lowest BCUT2D eigenvalue weighted by Gasteiger charge is -2.26. The smallest absolute Gasteiger partial charge is 0.0901 e. The van der Waals surface area contributed by atoms with Gasteiger partial charge in [0.15, 0.2) is 0 Å². The van der Waals surface area contributed by atoms with Crippen molar-refractivity contribution in [1.82, 2.24) is 4.90 Å². The van der Waals surface area contributed by atoms with Gasteiger partial charge >= 0.3 is 0 Å². The molecule has 88 valence electrons. The van der Waals surface area contributed by atoms with Gasteiger partial charge in [-0.25, -0.2) is 0 Å². The molecule has 0 fully saturated rings. The zero-order valence-corrected chi connectivity index (χ0v) is 11.2. The third-order valence-electron chi connectivity index (χ3n) is 2.62. The lowest BCUT2D eigenvalue weighted by atomic mass is 10.1. The van der Waals surface area contributed by atoms with Crippen LogP contribution in [0.1, 0.15) is 18.9 Å². The number of rotatable bonds is 5. The van der Waals surface area contributed by atoms with Crippen molar-refractivity contribution in [2.45, 2.75) is 25.9 Å². The van der Waals surface area contributed by atoms with E-state index in [4.69, 9.17) is 29.6 Å². The number of likely N-dealkylation sites (N-methyl/N-ethyl adjacent to an activating group) is 1. The van der Waals surface area contributed by atoms with Crippen LogP contribution in [0, 0.1) is 0 Å². The normalized spacial score (nSPS) is 12.8. The first-order chi connectivity index (χ1) is 7.56. The largest absolute Gasteiger partial charge is 0.392 e. The predicted molar refractivity (Wildman–Crippen MR) is 73.8 cm³/mol. The van der Waals surface area contributed by atoms with E-state index in [9.17, 15) is 0 Å². The van der Waals surface area contributed by atoms with Gasteiger partial charge in [-0.3, -0.25) is 4.90 Å². The van der Waals surface area contributed by atoms with E-state index in [2.05, 4.69) is 11.8 Å². The molecule has 1 atom stereocenters. The van der Waals surface area contributed by atoms with Crippen LogP contribution in [0.15, 0.2) is 24.3 Å². The minimum atomic E-state index is 0.131. The van der Waals surface area contributed by atoms with E-state index in [0.717, 1.165) is 23.6 Å². The Morgan fingerprint density at radius 3 is 2.62 bits per heavy atom. The summed E-state index contributed by atoms with van der Waals surface area (Å²) in [5.41, 5.74) is 6.80. The van der Waals surface area contributed by atoms with Crippen LogP contribution < -0.4 is 5.73 Å². The van der Waals surface area contributed by atoms with Gasteiger partial charge in [0.05, 0.1) is 11.0 Å². The fraction of sp³-hybridized carbons (Fsp3) is 0.417. The molecule has 0 radical (unpaired) electrons. The van der Waals surface area contributed by atoms with Crippen LogP contribution in [0.2, 0.25) is 5.02 Å². The van der Waals surface area contributed by atoms with Crippen molar-refractivity contribution in [3.8, 4) is 0 Å². The molecule has 0 bridgehead atoms. The second kappa shape index (κ2) is 6.18. The average molecular weight is 257 g/mol. The summed E-state index contributed by atoms with van der Waals surface area (Å²) in [6.45, 7) is 2.84. The van der Waals surface area contributed by atoms with Crippen molar-refractivity contribution in [3.05, 3.63) is 34.9 Å². The van der Waals surface area contributed by atoms with Gasteiger partial charge in [-0.2, -0.15) is 0 Å². The van der Waals surface area contributed by atoms with Gasteiger partial charge in [0, 0.05) is 11.6 Å². The molecule has 0 aromatic heterocycles. The Morgan fingerprint density at radius 1 is 1.50 bits per heavy atom. The van der Waals surface area contributed by atoms with Crippen LogP contribution >= 0.6 is 23.8 Å². The Morgan fingerprint density at radius 2 is 2.12 bits per heavy atom. The molecule has 0 aliphatic heterocycles. The zero-order chi connectivity index (χ0) is 12.1. The molecule has 1 rings (SSSR count). The first-order valence-corrected chi connectivity index (χ1v) is 6.07. The number of benzene rings is 1. The van der Waals surface area contributed by atoms with Crippen LogP contribution in [-0.2, 0) is 6.54 Å². The summed E-state index contributed by atoms with van der Waals surface area (Å²) in [5, 5.41) is 0.784. The van der Waals surface area contributed by atoms with E-state index in [1.807, 2.05) is 31.3 Å². The van der Waals surface area contributed by atoms with Gasteiger partial charge in [0.1, 0.15) is 0 Å².